The van der Waals surface area contributed by atoms with E-state index in [0.717, 1.165) is 10.8 Å². The number of aromatic nitrogens is 2. The van der Waals surface area contributed by atoms with Crippen molar-refractivity contribution in [2.45, 2.75) is 25.2 Å². The lowest BCUT2D eigenvalue weighted by atomic mass is 10.0. The largest absolute Gasteiger partial charge is 0.474 e. The van der Waals surface area contributed by atoms with Crippen LogP contribution in [0.5, 0.6) is 0 Å². The Hall–Kier alpha value is -4.81. The summed E-state index contributed by atoms with van der Waals surface area (Å²) >= 11 is 0. The van der Waals surface area contributed by atoms with E-state index < -0.39 is 60.0 Å². The molecular formula is C24H19F3N4O6. The number of alkyl halides is 3. The average molecular weight is 516 g/mol. The van der Waals surface area contributed by atoms with Gasteiger partial charge in [-0.15, -0.1) is 0 Å². The number of nitrogens with one attached hydrogen (secondary N) is 2. The number of hydrogen-bond acceptors (Lipinski definition) is 6. The molecule has 0 bridgehead atoms. The zero-order chi connectivity index (χ0) is 27.2. The van der Waals surface area contributed by atoms with Crippen LogP contribution in [0.4, 0.5) is 18.9 Å². The van der Waals surface area contributed by atoms with E-state index in [4.69, 9.17) is 5.11 Å². The van der Waals surface area contributed by atoms with Gasteiger partial charge in [0.25, 0.3) is 11.3 Å². The van der Waals surface area contributed by atoms with Crippen LogP contribution >= 0.6 is 0 Å². The molecule has 3 N–H and O–H groups in total. The van der Waals surface area contributed by atoms with Gasteiger partial charge in [-0.25, -0.2) is 9.78 Å². The lowest BCUT2D eigenvalue weighted by Crippen LogP contribution is -2.49. The number of carbonyl (C=O) groups is 4. The number of aliphatic carboxylic acids is 1. The summed E-state index contributed by atoms with van der Waals surface area (Å²) in [5, 5.41) is 12.7. The number of benzene rings is 2. The molecule has 0 spiro atoms. The Morgan fingerprint density at radius 2 is 1.57 bits per heavy atom. The minimum absolute atomic E-state index is 0.0872. The van der Waals surface area contributed by atoms with Crippen molar-refractivity contribution < 1.29 is 37.5 Å². The highest BCUT2D eigenvalue weighted by molar-refractivity contribution is 6.36. The third kappa shape index (κ3) is 6.87. The van der Waals surface area contributed by atoms with Crippen LogP contribution in [0.3, 0.4) is 0 Å². The number of Topliss-reactive ketones (excluding diaryl/α,β-unsaturated/α-hetero) is 1. The van der Waals surface area contributed by atoms with Gasteiger partial charge in [-0.05, 0) is 5.56 Å². The molecule has 192 valence electrons. The van der Waals surface area contributed by atoms with Gasteiger partial charge in [0.1, 0.15) is 24.1 Å². The first-order chi connectivity index (χ1) is 17.5. The summed E-state index contributed by atoms with van der Waals surface area (Å²) in [4.78, 5) is 64.3. The molecule has 0 saturated heterocycles. The molecule has 0 aliphatic carbocycles. The van der Waals surface area contributed by atoms with Gasteiger partial charge in [0.2, 0.25) is 5.91 Å². The van der Waals surface area contributed by atoms with Gasteiger partial charge in [0.15, 0.2) is 0 Å². The average Bonchev–Trinajstić information content (AvgIpc) is 2.86. The maximum Gasteiger partial charge on any atom is 0.452 e. The van der Waals surface area contributed by atoms with Crippen molar-refractivity contribution in [3.8, 4) is 11.4 Å². The number of nitrogens with zero attached hydrogens (tertiary/aromatic N) is 2. The van der Waals surface area contributed by atoms with Gasteiger partial charge in [-0.2, -0.15) is 13.2 Å². The molecule has 1 atom stereocenters. The Kier molecular flexibility index (Phi) is 8.17. The summed E-state index contributed by atoms with van der Waals surface area (Å²) < 4.78 is 40.4. The highest BCUT2D eigenvalue weighted by atomic mass is 19.4. The number of carboxylic acids is 1. The summed E-state index contributed by atoms with van der Waals surface area (Å²) in [5.74, 6) is -6.82. The predicted octanol–water partition coefficient (Wildman–Crippen LogP) is 1.79. The molecule has 13 heteroatoms. The number of rotatable bonds is 8. The standard InChI is InChI=1S/C24H19F3N4O6/c25-24(26,27)19(33)16(11-14-7-3-1-4-8-14)29-18(32)13-31-20(15-9-5-2-6-10-15)28-12-17(22(31)35)30-21(34)23(36)37/h1-10,12,16H,11,13H2,(H,29,32)(H,30,34)(H,36,37). The minimum atomic E-state index is -5.23. The second-order valence-corrected chi connectivity index (χ2v) is 7.68. The van der Waals surface area contributed by atoms with Crippen LogP contribution in [0.2, 0.25) is 0 Å². The van der Waals surface area contributed by atoms with Gasteiger partial charge >= 0.3 is 18.1 Å². The lowest BCUT2D eigenvalue weighted by Gasteiger charge is -2.20. The van der Waals surface area contributed by atoms with Gasteiger partial charge in [0, 0.05) is 12.0 Å². The second-order valence-electron chi connectivity index (χ2n) is 7.68. The SMILES string of the molecule is O=C(Cn1c(-c2ccccc2)ncc(NC(=O)C(=O)O)c1=O)NC(Cc1ccccc1)C(=O)C(F)(F)F. The zero-order valence-corrected chi connectivity index (χ0v) is 18.9. The van der Waals surface area contributed by atoms with E-state index >= 15 is 0 Å². The third-order valence-electron chi connectivity index (χ3n) is 5.04. The lowest BCUT2D eigenvalue weighted by molar-refractivity contribution is -0.173. The number of carboxylic acid groups (broad SMARTS) is 1. The number of amides is 2. The Bertz CT molecular complexity index is 1370. The van der Waals surface area contributed by atoms with Gasteiger partial charge in [-0.3, -0.25) is 23.7 Å². The summed E-state index contributed by atoms with van der Waals surface area (Å²) in [5.41, 5.74) is -0.921. The van der Waals surface area contributed by atoms with Crippen LogP contribution < -0.4 is 16.2 Å². The maximum absolute atomic E-state index is 13.2. The van der Waals surface area contributed by atoms with E-state index in [1.54, 1.807) is 36.4 Å². The van der Waals surface area contributed by atoms with Crippen LogP contribution in [-0.2, 0) is 32.1 Å². The third-order valence-corrected chi connectivity index (χ3v) is 5.04. The zero-order valence-electron chi connectivity index (χ0n) is 18.9. The highest BCUT2D eigenvalue weighted by Gasteiger charge is 2.44. The van der Waals surface area contributed by atoms with Gasteiger partial charge in [-0.1, -0.05) is 60.7 Å². The molecule has 0 fully saturated rings. The molecule has 3 aromatic rings. The number of hydrogen-bond donors (Lipinski definition) is 3. The Morgan fingerprint density at radius 3 is 2.14 bits per heavy atom. The Labute approximate surface area is 206 Å². The fraction of sp³-hybridized carbons (Fsp3) is 0.167. The van der Waals surface area contributed by atoms with Crippen LogP contribution in [0, 0.1) is 0 Å². The van der Waals surface area contributed by atoms with E-state index in [1.807, 2.05) is 10.6 Å². The van der Waals surface area contributed by atoms with Crippen LogP contribution in [0.1, 0.15) is 5.56 Å². The molecule has 0 saturated carbocycles. The molecule has 10 nitrogen and oxygen atoms in total. The Balaban J connectivity index is 1.96. The normalized spacial score (nSPS) is 11.9. The van der Waals surface area contributed by atoms with E-state index in [1.165, 1.54) is 24.3 Å². The Morgan fingerprint density at radius 1 is 0.973 bits per heavy atom. The molecule has 1 heterocycles. The van der Waals surface area contributed by atoms with Gasteiger partial charge < -0.3 is 15.7 Å². The van der Waals surface area contributed by atoms with E-state index in [2.05, 4.69) is 4.98 Å². The number of carbonyl (C=O) groups excluding carboxylic acids is 3. The maximum atomic E-state index is 13.2. The fourth-order valence-electron chi connectivity index (χ4n) is 3.36. The van der Waals surface area contributed by atoms with Crippen molar-refractivity contribution in [3.05, 3.63) is 82.8 Å². The predicted molar refractivity (Wildman–Crippen MR) is 123 cm³/mol. The molecular weight excluding hydrogens is 497 g/mol. The quantitative estimate of drug-likeness (QED) is 0.387. The van der Waals surface area contributed by atoms with Crippen molar-refractivity contribution in [1.82, 2.24) is 14.9 Å². The minimum Gasteiger partial charge on any atom is -0.474 e. The van der Waals surface area contributed by atoms with Crippen molar-refractivity contribution >= 4 is 29.3 Å². The van der Waals surface area contributed by atoms with E-state index in [-0.39, 0.29) is 5.82 Å². The first kappa shape index (κ1) is 26.8. The first-order valence-electron chi connectivity index (χ1n) is 10.6. The molecule has 0 aliphatic heterocycles. The highest BCUT2D eigenvalue weighted by Crippen LogP contribution is 2.20. The smallest absolute Gasteiger partial charge is 0.452 e. The van der Waals surface area contributed by atoms with E-state index in [0.29, 0.717) is 11.1 Å². The first-order valence-corrected chi connectivity index (χ1v) is 10.6. The molecule has 3 rings (SSSR count). The monoisotopic (exact) mass is 516 g/mol. The number of ketones is 1. The summed E-state index contributed by atoms with van der Waals surface area (Å²) in [6, 6.07) is 13.7. The summed E-state index contributed by atoms with van der Waals surface area (Å²) in [6.07, 6.45) is -4.80. The summed E-state index contributed by atoms with van der Waals surface area (Å²) in [7, 11) is 0. The fourth-order valence-corrected chi connectivity index (χ4v) is 3.36. The van der Waals surface area contributed by atoms with Crippen molar-refractivity contribution in [3.63, 3.8) is 0 Å². The van der Waals surface area contributed by atoms with Crippen molar-refractivity contribution in [2.24, 2.45) is 0 Å². The molecule has 37 heavy (non-hydrogen) atoms. The molecule has 0 aliphatic rings. The summed E-state index contributed by atoms with van der Waals surface area (Å²) in [6.45, 7) is -0.886. The molecule has 2 amide bonds. The van der Waals surface area contributed by atoms with Crippen molar-refractivity contribution in [1.29, 1.82) is 0 Å². The van der Waals surface area contributed by atoms with Crippen molar-refractivity contribution in [2.75, 3.05) is 5.32 Å². The van der Waals surface area contributed by atoms with Gasteiger partial charge in [0.05, 0.1) is 6.20 Å². The molecule has 0 radical (unpaired) electrons. The van der Waals surface area contributed by atoms with Crippen LogP contribution in [0.25, 0.3) is 11.4 Å². The number of halogens is 3. The molecule has 1 unspecified atom stereocenters. The second kappa shape index (κ2) is 11.3. The molecule has 2 aromatic carbocycles. The van der Waals surface area contributed by atoms with Crippen LogP contribution in [-0.4, -0.2) is 50.4 Å². The van der Waals surface area contributed by atoms with Crippen LogP contribution in [0.15, 0.2) is 71.7 Å². The number of anilines is 1. The topological polar surface area (TPSA) is 147 Å². The molecule has 1 aromatic heterocycles. The van der Waals surface area contributed by atoms with E-state index in [9.17, 15) is 37.1 Å².